The number of phenolic OH excluding ortho intramolecular Hbond substituents is 1. The maximum atomic E-state index is 11.8. The number of nitrogens with zero attached hydrogens (tertiary/aromatic N) is 1. The molecule has 0 aromatic heterocycles. The number of carbonyl (C=O) groups excluding carboxylic acids is 1. The van der Waals surface area contributed by atoms with E-state index < -0.39 is 0 Å². The van der Waals surface area contributed by atoms with Crippen LogP contribution in [-0.4, -0.2) is 16.2 Å². The molecule has 0 atom stereocenters. The maximum absolute atomic E-state index is 11.8. The normalized spacial score (nSPS) is 17.7. The van der Waals surface area contributed by atoms with Crippen molar-refractivity contribution in [1.82, 2.24) is 0 Å². The SMILES string of the molecule is CC(C)(C)c1cc(/C=C2/SC(N)=NC2=O)cc(C(C)(C)C)c1O. The number of amides is 1. The molecule has 5 heteroatoms. The minimum atomic E-state index is -0.310. The number of benzene rings is 1. The molecule has 0 spiro atoms. The molecule has 0 unspecified atom stereocenters. The molecule has 23 heavy (non-hydrogen) atoms. The number of hydrogen-bond donors (Lipinski definition) is 2. The molecule has 0 radical (unpaired) electrons. The van der Waals surface area contributed by atoms with Crippen LogP contribution < -0.4 is 5.73 Å². The van der Waals surface area contributed by atoms with Gasteiger partial charge in [-0.1, -0.05) is 41.5 Å². The zero-order chi connectivity index (χ0) is 17.6. The Morgan fingerprint density at radius 1 is 1.09 bits per heavy atom. The quantitative estimate of drug-likeness (QED) is 0.764. The fourth-order valence-corrected chi connectivity index (χ4v) is 3.14. The molecule has 124 valence electrons. The second kappa shape index (κ2) is 5.71. The van der Waals surface area contributed by atoms with Gasteiger partial charge in [0.25, 0.3) is 5.91 Å². The lowest BCUT2D eigenvalue weighted by Gasteiger charge is -2.28. The van der Waals surface area contributed by atoms with Gasteiger partial charge in [0.05, 0.1) is 4.91 Å². The van der Waals surface area contributed by atoms with Crippen molar-refractivity contribution in [3.05, 3.63) is 33.7 Å². The Balaban J connectivity index is 2.62. The van der Waals surface area contributed by atoms with Crippen molar-refractivity contribution in [2.24, 2.45) is 10.7 Å². The van der Waals surface area contributed by atoms with E-state index in [1.54, 1.807) is 6.08 Å². The second-order valence-electron chi connectivity index (χ2n) is 7.83. The Hall–Kier alpha value is -1.75. The van der Waals surface area contributed by atoms with E-state index in [0.29, 0.717) is 10.7 Å². The summed E-state index contributed by atoms with van der Waals surface area (Å²) in [6.45, 7) is 12.3. The summed E-state index contributed by atoms with van der Waals surface area (Å²) >= 11 is 1.18. The van der Waals surface area contributed by atoms with Gasteiger partial charge in [0.15, 0.2) is 5.17 Å². The van der Waals surface area contributed by atoms with Crippen LogP contribution in [0.25, 0.3) is 6.08 Å². The third-order valence-electron chi connectivity index (χ3n) is 3.68. The van der Waals surface area contributed by atoms with Gasteiger partial charge in [-0.25, -0.2) is 0 Å². The number of aromatic hydroxyl groups is 1. The lowest BCUT2D eigenvalue weighted by Crippen LogP contribution is -2.17. The standard InChI is InChI=1S/C18H24N2O2S/c1-17(2,3)11-7-10(8-12(14(11)21)18(4,5)6)9-13-15(22)20-16(19)23-13/h7-9,21H,1-6H3,(H2,19,20,22)/b13-9+. The summed E-state index contributed by atoms with van der Waals surface area (Å²) in [4.78, 5) is 16.0. The van der Waals surface area contributed by atoms with E-state index in [-0.39, 0.29) is 21.9 Å². The number of thioether (sulfide) groups is 1. The van der Waals surface area contributed by atoms with E-state index in [1.807, 2.05) is 12.1 Å². The Bertz CT molecular complexity index is 685. The van der Waals surface area contributed by atoms with E-state index in [1.165, 1.54) is 11.8 Å². The van der Waals surface area contributed by atoms with E-state index in [2.05, 4.69) is 46.5 Å². The largest absolute Gasteiger partial charge is 0.507 e. The van der Waals surface area contributed by atoms with Crippen LogP contribution in [0.4, 0.5) is 0 Å². The Morgan fingerprint density at radius 2 is 1.57 bits per heavy atom. The summed E-state index contributed by atoms with van der Waals surface area (Å²) in [5.74, 6) is 0.0171. The van der Waals surface area contributed by atoms with Crippen LogP contribution in [0.15, 0.2) is 22.0 Å². The number of aliphatic imine (C=N–C) groups is 1. The minimum absolute atomic E-state index is 0.207. The number of nitrogens with two attached hydrogens (primary N) is 1. The van der Waals surface area contributed by atoms with Crippen LogP contribution in [0.2, 0.25) is 0 Å². The molecule has 3 N–H and O–H groups in total. The van der Waals surface area contributed by atoms with Gasteiger partial charge in [0.1, 0.15) is 5.75 Å². The van der Waals surface area contributed by atoms with Crippen LogP contribution >= 0.6 is 11.8 Å². The second-order valence-corrected chi connectivity index (χ2v) is 8.89. The first-order valence-corrected chi connectivity index (χ1v) is 8.37. The molecule has 1 aliphatic heterocycles. The Labute approximate surface area is 141 Å². The number of carbonyl (C=O) groups is 1. The van der Waals surface area contributed by atoms with Crippen LogP contribution in [-0.2, 0) is 15.6 Å². The van der Waals surface area contributed by atoms with Gasteiger partial charge < -0.3 is 10.8 Å². The van der Waals surface area contributed by atoms with Gasteiger partial charge in [-0.2, -0.15) is 4.99 Å². The van der Waals surface area contributed by atoms with Gasteiger partial charge in [0.2, 0.25) is 0 Å². The maximum Gasteiger partial charge on any atom is 0.286 e. The summed E-state index contributed by atoms with van der Waals surface area (Å²) in [7, 11) is 0. The molecular weight excluding hydrogens is 308 g/mol. The molecular formula is C18H24N2O2S. The molecule has 2 rings (SSSR count). The third-order valence-corrected chi connectivity index (χ3v) is 4.50. The highest BCUT2D eigenvalue weighted by atomic mass is 32.2. The van der Waals surface area contributed by atoms with Gasteiger partial charge >= 0.3 is 0 Å². The van der Waals surface area contributed by atoms with E-state index in [0.717, 1.165) is 16.7 Å². The van der Waals surface area contributed by atoms with Crippen molar-refractivity contribution in [3.63, 3.8) is 0 Å². The summed E-state index contributed by atoms with van der Waals surface area (Å²) in [6.07, 6.45) is 1.79. The Morgan fingerprint density at radius 3 is 1.91 bits per heavy atom. The van der Waals surface area contributed by atoms with Gasteiger partial charge in [-0.15, -0.1) is 0 Å². The predicted molar refractivity (Wildman–Crippen MR) is 97.7 cm³/mol. The van der Waals surface area contributed by atoms with Crippen LogP contribution in [0, 0.1) is 0 Å². The van der Waals surface area contributed by atoms with Gasteiger partial charge in [-0.05, 0) is 46.4 Å². The van der Waals surface area contributed by atoms with E-state index >= 15 is 0 Å². The average molecular weight is 332 g/mol. The van der Waals surface area contributed by atoms with Crippen LogP contribution in [0.1, 0.15) is 58.2 Å². The van der Waals surface area contributed by atoms with Crippen molar-refractivity contribution in [2.45, 2.75) is 52.4 Å². The number of phenols is 1. The highest BCUT2D eigenvalue weighted by Gasteiger charge is 2.27. The van der Waals surface area contributed by atoms with E-state index in [4.69, 9.17) is 5.73 Å². The minimum Gasteiger partial charge on any atom is -0.507 e. The Kier molecular flexibility index (Phi) is 4.37. The number of rotatable bonds is 1. The molecule has 1 heterocycles. The third kappa shape index (κ3) is 3.78. The smallest absolute Gasteiger partial charge is 0.286 e. The number of hydrogen-bond acceptors (Lipinski definition) is 4. The highest BCUT2D eigenvalue weighted by molar-refractivity contribution is 8.18. The molecule has 4 nitrogen and oxygen atoms in total. The summed E-state index contributed by atoms with van der Waals surface area (Å²) in [5, 5.41) is 11.0. The fraction of sp³-hybridized carbons (Fsp3) is 0.444. The van der Waals surface area contributed by atoms with Crippen molar-refractivity contribution >= 4 is 28.9 Å². The lowest BCUT2D eigenvalue weighted by molar-refractivity contribution is -0.113. The molecule has 1 aromatic rings. The highest BCUT2D eigenvalue weighted by Crippen LogP contribution is 2.40. The molecule has 0 saturated carbocycles. The van der Waals surface area contributed by atoms with Gasteiger partial charge in [-0.3, -0.25) is 4.79 Å². The average Bonchev–Trinajstić information content (AvgIpc) is 2.67. The van der Waals surface area contributed by atoms with Crippen molar-refractivity contribution < 1.29 is 9.90 Å². The zero-order valence-electron chi connectivity index (χ0n) is 14.5. The predicted octanol–water partition coefficient (Wildman–Crippen LogP) is 3.92. The van der Waals surface area contributed by atoms with Crippen molar-refractivity contribution in [1.29, 1.82) is 0 Å². The topological polar surface area (TPSA) is 75.7 Å². The lowest BCUT2D eigenvalue weighted by atomic mass is 9.78. The van der Waals surface area contributed by atoms with Crippen molar-refractivity contribution in [2.75, 3.05) is 0 Å². The van der Waals surface area contributed by atoms with Crippen LogP contribution in [0.5, 0.6) is 5.75 Å². The van der Waals surface area contributed by atoms with E-state index in [9.17, 15) is 9.90 Å². The number of amidine groups is 1. The molecule has 0 saturated heterocycles. The van der Waals surface area contributed by atoms with Crippen molar-refractivity contribution in [3.8, 4) is 5.75 Å². The first-order chi connectivity index (χ1) is 10.4. The van der Waals surface area contributed by atoms with Gasteiger partial charge in [0, 0.05) is 11.1 Å². The monoisotopic (exact) mass is 332 g/mol. The molecule has 1 amide bonds. The first-order valence-electron chi connectivity index (χ1n) is 7.55. The molecule has 0 aliphatic carbocycles. The molecule has 1 aromatic carbocycles. The van der Waals surface area contributed by atoms with Crippen LogP contribution in [0.3, 0.4) is 0 Å². The molecule has 0 bridgehead atoms. The zero-order valence-corrected chi connectivity index (χ0v) is 15.3. The molecule has 1 aliphatic rings. The summed E-state index contributed by atoms with van der Waals surface area (Å²) < 4.78 is 0. The fourth-order valence-electron chi connectivity index (χ4n) is 2.46. The first kappa shape index (κ1) is 17.6. The molecule has 0 fully saturated rings. The summed E-state index contributed by atoms with van der Waals surface area (Å²) in [5.41, 5.74) is 7.79. The summed E-state index contributed by atoms with van der Waals surface area (Å²) in [6, 6.07) is 3.86.